The Labute approximate surface area is 195 Å². The fourth-order valence-corrected chi connectivity index (χ4v) is 5.03. The van der Waals surface area contributed by atoms with Crippen LogP contribution in [0.2, 0.25) is 0 Å². The zero-order valence-corrected chi connectivity index (χ0v) is 19.7. The number of allylic oxidation sites excluding steroid dienone is 2. The van der Waals surface area contributed by atoms with E-state index in [-0.39, 0.29) is 35.4 Å². The van der Waals surface area contributed by atoms with Crippen molar-refractivity contribution >= 4 is 0 Å². The third-order valence-electron chi connectivity index (χ3n) is 7.19. The molecular formula is C27H35F3O3. The first kappa shape index (κ1) is 25.4. The van der Waals surface area contributed by atoms with Gasteiger partial charge in [0.1, 0.15) is 11.5 Å². The van der Waals surface area contributed by atoms with Gasteiger partial charge in [0.15, 0.2) is 17.5 Å². The fourth-order valence-electron chi connectivity index (χ4n) is 5.03. The molecule has 3 nitrogen and oxygen atoms in total. The number of halogens is 3. The Morgan fingerprint density at radius 1 is 0.909 bits per heavy atom. The Bertz CT molecular complexity index is 864. The van der Waals surface area contributed by atoms with E-state index in [9.17, 15) is 8.78 Å². The third kappa shape index (κ3) is 6.44. The summed E-state index contributed by atoms with van der Waals surface area (Å²) in [5, 5.41) is 0. The van der Waals surface area contributed by atoms with Crippen molar-refractivity contribution in [2.75, 3.05) is 20.8 Å². The van der Waals surface area contributed by atoms with Crippen LogP contribution in [0.4, 0.5) is 13.2 Å². The van der Waals surface area contributed by atoms with E-state index in [1.165, 1.54) is 7.11 Å². The van der Waals surface area contributed by atoms with Gasteiger partial charge in [-0.1, -0.05) is 25.3 Å². The summed E-state index contributed by atoms with van der Waals surface area (Å²) < 4.78 is 59.7. The Morgan fingerprint density at radius 3 is 1.91 bits per heavy atom. The molecule has 0 saturated heterocycles. The minimum absolute atomic E-state index is 0.0149. The lowest BCUT2D eigenvalue weighted by molar-refractivity contribution is 0.0655. The van der Waals surface area contributed by atoms with E-state index in [1.807, 2.05) is 0 Å². The normalized spacial score (nSPS) is 26.0. The molecule has 2 aliphatic rings. The van der Waals surface area contributed by atoms with Crippen molar-refractivity contribution < 1.29 is 27.4 Å². The summed E-state index contributed by atoms with van der Waals surface area (Å²) >= 11 is 0. The second kappa shape index (κ2) is 11.8. The minimum atomic E-state index is -0.694. The molecule has 0 unspecified atom stereocenters. The predicted molar refractivity (Wildman–Crippen MR) is 123 cm³/mol. The van der Waals surface area contributed by atoms with Crippen molar-refractivity contribution in [1.29, 1.82) is 0 Å². The molecule has 2 fully saturated rings. The lowest BCUT2D eigenvalue weighted by Crippen LogP contribution is -2.21. The molecule has 2 saturated carbocycles. The Hall–Kier alpha value is -2.21. The lowest BCUT2D eigenvalue weighted by Gasteiger charge is -2.30. The van der Waals surface area contributed by atoms with Gasteiger partial charge in [-0.25, -0.2) is 13.2 Å². The Balaban J connectivity index is 1.53. The van der Waals surface area contributed by atoms with Crippen molar-refractivity contribution in [3.05, 3.63) is 71.5 Å². The highest BCUT2D eigenvalue weighted by molar-refractivity contribution is 5.32. The van der Waals surface area contributed by atoms with Crippen LogP contribution in [0.1, 0.15) is 74.3 Å². The second-order valence-electron chi connectivity index (χ2n) is 9.20. The van der Waals surface area contributed by atoms with Crippen LogP contribution in [-0.2, 0) is 14.2 Å². The van der Waals surface area contributed by atoms with E-state index in [0.717, 1.165) is 57.4 Å². The second-order valence-corrected chi connectivity index (χ2v) is 9.20. The van der Waals surface area contributed by atoms with Crippen LogP contribution in [0.5, 0.6) is 0 Å². The van der Waals surface area contributed by atoms with E-state index in [2.05, 4.69) is 13.2 Å². The molecule has 0 amide bonds. The molecular weight excluding hydrogens is 429 g/mol. The molecule has 1 aromatic carbocycles. The summed E-state index contributed by atoms with van der Waals surface area (Å²) in [5.74, 6) is -1.62. The maximum Gasteiger partial charge on any atom is 0.168 e. The van der Waals surface area contributed by atoms with Crippen molar-refractivity contribution in [3.63, 3.8) is 0 Å². The van der Waals surface area contributed by atoms with Crippen LogP contribution in [0.15, 0.2) is 48.7 Å². The molecule has 0 spiro atoms. The monoisotopic (exact) mass is 464 g/mol. The highest BCUT2D eigenvalue weighted by atomic mass is 19.2. The van der Waals surface area contributed by atoms with Crippen LogP contribution in [0.3, 0.4) is 0 Å². The van der Waals surface area contributed by atoms with Crippen LogP contribution in [0, 0.1) is 17.6 Å². The third-order valence-corrected chi connectivity index (χ3v) is 7.19. The van der Waals surface area contributed by atoms with Gasteiger partial charge in [0, 0.05) is 13.2 Å². The zero-order chi connectivity index (χ0) is 24.0. The van der Waals surface area contributed by atoms with Gasteiger partial charge < -0.3 is 14.2 Å². The summed E-state index contributed by atoms with van der Waals surface area (Å²) in [5.41, 5.74) is 0.968. The molecule has 3 rings (SSSR count). The topological polar surface area (TPSA) is 27.7 Å². The SMILES string of the molecule is C=C(/C=C(/F)C(=C)OCC1CCC(c2ccc(C3CCC(OC)CC3)c(F)c2F)CC1)OC. The first-order chi connectivity index (χ1) is 15.8. The largest absolute Gasteiger partial charge is 0.497 e. The summed E-state index contributed by atoms with van der Waals surface area (Å²) in [6.45, 7) is 7.48. The van der Waals surface area contributed by atoms with E-state index >= 15 is 4.39 Å². The number of rotatable bonds is 9. The summed E-state index contributed by atoms with van der Waals surface area (Å²) in [6, 6.07) is 3.57. The highest BCUT2D eigenvalue weighted by Gasteiger charge is 2.30. The molecule has 0 radical (unpaired) electrons. The van der Waals surface area contributed by atoms with Crippen molar-refractivity contribution in [3.8, 4) is 0 Å². The van der Waals surface area contributed by atoms with Crippen molar-refractivity contribution in [1.82, 2.24) is 0 Å². The van der Waals surface area contributed by atoms with Gasteiger partial charge in [-0.15, -0.1) is 0 Å². The molecule has 6 heteroatoms. The highest BCUT2D eigenvalue weighted by Crippen LogP contribution is 2.41. The quantitative estimate of drug-likeness (QED) is 0.280. The number of methoxy groups -OCH3 is 2. The number of ether oxygens (including phenoxy) is 3. The fraction of sp³-hybridized carbons (Fsp3) is 0.556. The lowest BCUT2D eigenvalue weighted by atomic mass is 9.77. The Kier molecular flexibility index (Phi) is 9.07. The van der Waals surface area contributed by atoms with Crippen LogP contribution in [-0.4, -0.2) is 26.9 Å². The van der Waals surface area contributed by atoms with Crippen molar-refractivity contribution in [2.45, 2.75) is 69.3 Å². The van der Waals surface area contributed by atoms with Gasteiger partial charge in [0.05, 0.1) is 19.8 Å². The molecule has 33 heavy (non-hydrogen) atoms. The molecule has 0 aromatic heterocycles. The smallest absolute Gasteiger partial charge is 0.168 e. The van der Waals surface area contributed by atoms with Gasteiger partial charge in [0.25, 0.3) is 0 Å². The molecule has 0 bridgehead atoms. The summed E-state index contributed by atoms with van der Waals surface area (Å²) in [7, 11) is 3.11. The molecule has 1 aromatic rings. The van der Waals surface area contributed by atoms with Gasteiger partial charge >= 0.3 is 0 Å². The zero-order valence-electron chi connectivity index (χ0n) is 19.7. The first-order valence-electron chi connectivity index (χ1n) is 11.8. The molecule has 0 heterocycles. The van der Waals surface area contributed by atoms with Gasteiger partial charge in [-0.3, -0.25) is 0 Å². The number of hydrogen-bond donors (Lipinski definition) is 0. The van der Waals surface area contributed by atoms with Crippen LogP contribution < -0.4 is 0 Å². The molecule has 0 N–H and O–H groups in total. The average molecular weight is 465 g/mol. The first-order valence-corrected chi connectivity index (χ1v) is 11.8. The summed E-state index contributed by atoms with van der Waals surface area (Å²) in [6.07, 6.45) is 7.84. The minimum Gasteiger partial charge on any atom is -0.497 e. The van der Waals surface area contributed by atoms with E-state index in [4.69, 9.17) is 14.2 Å². The van der Waals surface area contributed by atoms with E-state index in [0.29, 0.717) is 17.7 Å². The number of hydrogen-bond acceptors (Lipinski definition) is 3. The van der Waals surface area contributed by atoms with E-state index < -0.39 is 17.5 Å². The molecule has 0 atom stereocenters. The van der Waals surface area contributed by atoms with Crippen LogP contribution >= 0.6 is 0 Å². The van der Waals surface area contributed by atoms with Gasteiger partial charge in [0.2, 0.25) is 0 Å². The molecule has 0 aliphatic heterocycles. The average Bonchev–Trinajstić information content (AvgIpc) is 2.84. The van der Waals surface area contributed by atoms with Gasteiger partial charge in [-0.05, 0) is 80.2 Å². The standard InChI is InChI=1S/C27H35F3O3/c1-17(31-3)15-25(28)18(2)33-16-19-5-7-20(8-6-19)23-13-14-24(27(30)26(23)29)21-9-11-22(32-4)12-10-21/h13-15,19-22H,1-2,5-12,16H2,3-4H3/b25-15+. The van der Waals surface area contributed by atoms with Gasteiger partial charge in [-0.2, -0.15) is 0 Å². The van der Waals surface area contributed by atoms with Crippen molar-refractivity contribution in [2.24, 2.45) is 5.92 Å². The maximum atomic E-state index is 15.0. The van der Waals surface area contributed by atoms with E-state index in [1.54, 1.807) is 19.2 Å². The molecule has 2 aliphatic carbocycles. The number of benzene rings is 1. The predicted octanol–water partition coefficient (Wildman–Crippen LogP) is 7.46. The maximum absolute atomic E-state index is 15.0. The Morgan fingerprint density at radius 2 is 1.42 bits per heavy atom. The summed E-state index contributed by atoms with van der Waals surface area (Å²) in [4.78, 5) is 0. The van der Waals surface area contributed by atoms with Crippen LogP contribution in [0.25, 0.3) is 0 Å². The molecule has 182 valence electrons.